The normalized spacial score (nSPS) is 23.5. The smallest absolute Gasteiger partial charge is 0.242 e. The standard InChI is InChI=1S/C13H25N3O2/c1-4-8-14-11(17)10-16(3)12(18)13(2)7-5-6-9-15-13/h15H,4-10H2,1-3H3,(H,14,17). The molecule has 2 amide bonds. The number of hydrogen-bond acceptors (Lipinski definition) is 3. The van der Waals surface area contributed by atoms with E-state index in [2.05, 4.69) is 10.6 Å². The largest absolute Gasteiger partial charge is 0.355 e. The number of nitrogens with zero attached hydrogens (tertiary/aromatic N) is 1. The van der Waals surface area contributed by atoms with Crippen LogP contribution in [0.25, 0.3) is 0 Å². The van der Waals surface area contributed by atoms with E-state index in [9.17, 15) is 9.59 Å². The third kappa shape index (κ3) is 3.98. The Morgan fingerprint density at radius 3 is 2.67 bits per heavy atom. The van der Waals surface area contributed by atoms with E-state index in [1.807, 2.05) is 13.8 Å². The van der Waals surface area contributed by atoms with Crippen LogP contribution in [-0.4, -0.2) is 48.9 Å². The molecule has 1 rings (SSSR count). The van der Waals surface area contributed by atoms with Crippen LogP contribution in [0.4, 0.5) is 0 Å². The highest BCUT2D eigenvalue weighted by atomic mass is 16.2. The predicted octanol–water partition coefficient (Wildman–Crippen LogP) is 0.503. The SMILES string of the molecule is CCCNC(=O)CN(C)C(=O)C1(C)CCCCN1. The van der Waals surface area contributed by atoms with Gasteiger partial charge in [-0.1, -0.05) is 6.92 Å². The Balaban J connectivity index is 2.47. The molecule has 0 aromatic rings. The number of rotatable bonds is 5. The average molecular weight is 255 g/mol. The van der Waals surface area contributed by atoms with Crippen molar-refractivity contribution in [1.82, 2.24) is 15.5 Å². The molecule has 0 spiro atoms. The summed E-state index contributed by atoms with van der Waals surface area (Å²) in [5, 5.41) is 6.05. The van der Waals surface area contributed by atoms with Crippen molar-refractivity contribution in [3.63, 3.8) is 0 Å². The zero-order valence-electron chi connectivity index (χ0n) is 11.7. The summed E-state index contributed by atoms with van der Waals surface area (Å²) in [4.78, 5) is 25.4. The highest BCUT2D eigenvalue weighted by Crippen LogP contribution is 2.20. The van der Waals surface area contributed by atoms with Gasteiger partial charge in [0.15, 0.2) is 0 Å². The van der Waals surface area contributed by atoms with Gasteiger partial charge >= 0.3 is 0 Å². The molecular formula is C13H25N3O2. The molecule has 1 aliphatic rings. The Hall–Kier alpha value is -1.10. The van der Waals surface area contributed by atoms with Crippen LogP contribution in [0.3, 0.4) is 0 Å². The molecule has 1 atom stereocenters. The highest BCUT2D eigenvalue weighted by molar-refractivity contribution is 5.90. The number of likely N-dealkylation sites (N-methyl/N-ethyl adjacent to an activating group) is 1. The molecule has 1 unspecified atom stereocenters. The molecule has 0 aliphatic carbocycles. The van der Waals surface area contributed by atoms with Gasteiger partial charge in [0.1, 0.15) is 0 Å². The lowest BCUT2D eigenvalue weighted by molar-refractivity contribution is -0.140. The van der Waals surface area contributed by atoms with Crippen molar-refractivity contribution in [2.24, 2.45) is 0 Å². The maximum absolute atomic E-state index is 12.3. The molecule has 0 bridgehead atoms. The van der Waals surface area contributed by atoms with E-state index in [0.29, 0.717) is 6.54 Å². The van der Waals surface area contributed by atoms with E-state index >= 15 is 0 Å². The highest BCUT2D eigenvalue weighted by Gasteiger charge is 2.36. The van der Waals surface area contributed by atoms with Crippen LogP contribution in [0.2, 0.25) is 0 Å². The lowest BCUT2D eigenvalue weighted by atomic mass is 9.89. The quantitative estimate of drug-likeness (QED) is 0.752. The fourth-order valence-electron chi connectivity index (χ4n) is 2.27. The lowest BCUT2D eigenvalue weighted by Crippen LogP contribution is -2.58. The zero-order valence-corrected chi connectivity index (χ0v) is 11.7. The van der Waals surface area contributed by atoms with Crippen LogP contribution < -0.4 is 10.6 Å². The number of carbonyl (C=O) groups is 2. The molecule has 5 heteroatoms. The van der Waals surface area contributed by atoms with Gasteiger partial charge in [-0.05, 0) is 39.2 Å². The summed E-state index contributed by atoms with van der Waals surface area (Å²) >= 11 is 0. The molecule has 0 saturated carbocycles. The first-order valence-electron chi connectivity index (χ1n) is 6.77. The van der Waals surface area contributed by atoms with Crippen molar-refractivity contribution < 1.29 is 9.59 Å². The predicted molar refractivity (Wildman–Crippen MR) is 71.2 cm³/mol. The maximum Gasteiger partial charge on any atom is 0.242 e. The van der Waals surface area contributed by atoms with Crippen LogP contribution in [0.15, 0.2) is 0 Å². The van der Waals surface area contributed by atoms with Gasteiger partial charge in [-0.15, -0.1) is 0 Å². The van der Waals surface area contributed by atoms with Crippen LogP contribution in [0.1, 0.15) is 39.5 Å². The first kappa shape index (κ1) is 15.0. The molecule has 18 heavy (non-hydrogen) atoms. The number of piperidine rings is 1. The summed E-state index contributed by atoms with van der Waals surface area (Å²) in [6, 6.07) is 0. The summed E-state index contributed by atoms with van der Waals surface area (Å²) in [5.41, 5.74) is -0.502. The topological polar surface area (TPSA) is 61.4 Å². The number of amides is 2. The van der Waals surface area contributed by atoms with Gasteiger partial charge in [0, 0.05) is 13.6 Å². The van der Waals surface area contributed by atoms with Crippen LogP contribution in [-0.2, 0) is 9.59 Å². The summed E-state index contributed by atoms with van der Waals surface area (Å²) in [7, 11) is 1.69. The van der Waals surface area contributed by atoms with Crippen molar-refractivity contribution in [3.05, 3.63) is 0 Å². The molecule has 0 aromatic carbocycles. The van der Waals surface area contributed by atoms with E-state index in [1.165, 1.54) is 4.90 Å². The third-order valence-electron chi connectivity index (χ3n) is 3.39. The number of carbonyl (C=O) groups excluding carboxylic acids is 2. The molecule has 0 aromatic heterocycles. The van der Waals surface area contributed by atoms with Crippen molar-refractivity contribution >= 4 is 11.8 Å². The Morgan fingerprint density at radius 1 is 1.39 bits per heavy atom. The molecule has 1 heterocycles. The Bertz CT molecular complexity index is 299. The summed E-state index contributed by atoms with van der Waals surface area (Å²) in [6.45, 7) is 5.60. The second kappa shape index (κ2) is 6.73. The van der Waals surface area contributed by atoms with Gasteiger partial charge in [0.25, 0.3) is 0 Å². The first-order chi connectivity index (χ1) is 8.49. The van der Waals surface area contributed by atoms with Crippen molar-refractivity contribution in [2.75, 3.05) is 26.7 Å². The van der Waals surface area contributed by atoms with E-state index in [-0.39, 0.29) is 18.4 Å². The maximum atomic E-state index is 12.3. The average Bonchev–Trinajstić information content (AvgIpc) is 2.36. The van der Waals surface area contributed by atoms with Crippen molar-refractivity contribution in [2.45, 2.75) is 45.1 Å². The molecule has 1 saturated heterocycles. The van der Waals surface area contributed by atoms with Gasteiger partial charge in [0.05, 0.1) is 12.1 Å². The molecule has 1 fully saturated rings. The second-order valence-electron chi connectivity index (χ2n) is 5.23. The fraction of sp³-hybridized carbons (Fsp3) is 0.846. The monoisotopic (exact) mass is 255 g/mol. The van der Waals surface area contributed by atoms with E-state index in [0.717, 1.165) is 32.2 Å². The molecular weight excluding hydrogens is 230 g/mol. The summed E-state index contributed by atoms with van der Waals surface area (Å²) in [5.74, 6) is -0.0824. The minimum Gasteiger partial charge on any atom is -0.355 e. The molecule has 5 nitrogen and oxygen atoms in total. The molecule has 1 aliphatic heterocycles. The summed E-state index contributed by atoms with van der Waals surface area (Å²) in [6.07, 6.45) is 3.92. The molecule has 104 valence electrons. The third-order valence-corrected chi connectivity index (χ3v) is 3.39. The minimum absolute atomic E-state index is 0.00819. The minimum atomic E-state index is -0.502. The molecule has 0 radical (unpaired) electrons. The Labute approximate surface area is 109 Å². The van der Waals surface area contributed by atoms with Crippen LogP contribution in [0, 0.1) is 0 Å². The van der Waals surface area contributed by atoms with Crippen molar-refractivity contribution in [1.29, 1.82) is 0 Å². The summed E-state index contributed by atoms with van der Waals surface area (Å²) < 4.78 is 0. The van der Waals surface area contributed by atoms with Gasteiger partial charge < -0.3 is 15.5 Å². The Kier molecular flexibility index (Phi) is 5.59. The van der Waals surface area contributed by atoms with Gasteiger partial charge in [-0.25, -0.2) is 0 Å². The molecule has 2 N–H and O–H groups in total. The number of hydrogen-bond donors (Lipinski definition) is 2. The van der Waals surface area contributed by atoms with Crippen LogP contribution >= 0.6 is 0 Å². The second-order valence-corrected chi connectivity index (χ2v) is 5.23. The Morgan fingerprint density at radius 2 is 2.11 bits per heavy atom. The van der Waals surface area contributed by atoms with E-state index < -0.39 is 5.54 Å². The van der Waals surface area contributed by atoms with E-state index in [1.54, 1.807) is 7.05 Å². The van der Waals surface area contributed by atoms with Crippen LogP contribution in [0.5, 0.6) is 0 Å². The number of nitrogens with one attached hydrogen (secondary N) is 2. The fourth-order valence-corrected chi connectivity index (χ4v) is 2.27. The van der Waals surface area contributed by atoms with Gasteiger partial charge in [-0.3, -0.25) is 9.59 Å². The van der Waals surface area contributed by atoms with E-state index in [4.69, 9.17) is 0 Å². The zero-order chi connectivity index (χ0) is 13.6. The van der Waals surface area contributed by atoms with Crippen molar-refractivity contribution in [3.8, 4) is 0 Å². The lowest BCUT2D eigenvalue weighted by Gasteiger charge is -2.36. The van der Waals surface area contributed by atoms with Gasteiger partial charge in [0.2, 0.25) is 11.8 Å². The van der Waals surface area contributed by atoms with Gasteiger partial charge in [-0.2, -0.15) is 0 Å². The first-order valence-corrected chi connectivity index (χ1v) is 6.77.